The SMILES string of the molecule is COc1ccc(Cl)cc1S(=O)Nc1cnc2c(c1)CN(C(=O)CO)C1(CC1)CO2. The topological polar surface area (TPSA) is 101 Å². The molecule has 29 heavy (non-hydrogen) atoms. The molecule has 1 fully saturated rings. The van der Waals surface area contributed by atoms with Gasteiger partial charge in [-0.15, -0.1) is 0 Å². The maximum atomic E-state index is 12.8. The van der Waals surface area contributed by atoms with Gasteiger partial charge in [0.15, 0.2) is 11.0 Å². The van der Waals surface area contributed by atoms with Crippen LogP contribution in [-0.2, 0) is 22.3 Å². The zero-order valence-corrected chi connectivity index (χ0v) is 17.3. The molecule has 2 aromatic rings. The van der Waals surface area contributed by atoms with Crippen LogP contribution in [0.3, 0.4) is 0 Å². The Labute approximate surface area is 175 Å². The van der Waals surface area contributed by atoms with Crippen molar-refractivity contribution in [2.24, 2.45) is 0 Å². The number of hydrogen-bond donors (Lipinski definition) is 2. The van der Waals surface area contributed by atoms with Crippen molar-refractivity contribution >= 4 is 34.2 Å². The molecule has 154 valence electrons. The third-order valence-corrected chi connectivity index (χ3v) is 6.48. The Morgan fingerprint density at radius 2 is 2.24 bits per heavy atom. The zero-order valence-electron chi connectivity index (χ0n) is 15.7. The molecule has 0 bridgehead atoms. The van der Waals surface area contributed by atoms with Gasteiger partial charge in [-0.05, 0) is 37.1 Å². The minimum Gasteiger partial charge on any atom is -0.495 e. The molecule has 2 aliphatic rings. The molecule has 1 aliphatic heterocycles. The van der Waals surface area contributed by atoms with E-state index >= 15 is 0 Å². The van der Waals surface area contributed by atoms with E-state index in [9.17, 15) is 14.1 Å². The summed E-state index contributed by atoms with van der Waals surface area (Å²) in [7, 11) is -0.152. The summed E-state index contributed by atoms with van der Waals surface area (Å²) >= 11 is 6.02. The van der Waals surface area contributed by atoms with E-state index < -0.39 is 17.6 Å². The van der Waals surface area contributed by atoms with Gasteiger partial charge in [0, 0.05) is 10.6 Å². The maximum absolute atomic E-state index is 12.8. The second kappa shape index (κ2) is 7.81. The van der Waals surface area contributed by atoms with E-state index in [1.807, 2.05) is 0 Å². The van der Waals surface area contributed by atoms with E-state index in [0.717, 1.165) is 12.8 Å². The molecule has 2 heterocycles. The number of fused-ring (bicyclic) bond motifs is 1. The van der Waals surface area contributed by atoms with Gasteiger partial charge in [0.25, 0.3) is 0 Å². The van der Waals surface area contributed by atoms with Crippen LogP contribution >= 0.6 is 11.6 Å². The number of aromatic nitrogens is 1. The van der Waals surface area contributed by atoms with Crippen molar-refractivity contribution in [2.45, 2.75) is 29.8 Å². The maximum Gasteiger partial charge on any atom is 0.249 e. The Balaban J connectivity index is 1.59. The van der Waals surface area contributed by atoms with Gasteiger partial charge in [-0.3, -0.25) is 9.52 Å². The Bertz CT molecular complexity index is 982. The van der Waals surface area contributed by atoms with Crippen LogP contribution < -0.4 is 14.2 Å². The van der Waals surface area contributed by atoms with Crippen molar-refractivity contribution in [3.05, 3.63) is 41.0 Å². The van der Waals surface area contributed by atoms with Crippen LogP contribution in [0.1, 0.15) is 18.4 Å². The molecule has 1 aliphatic carbocycles. The van der Waals surface area contributed by atoms with Gasteiger partial charge in [0.2, 0.25) is 11.8 Å². The third-order valence-electron chi connectivity index (χ3n) is 5.10. The average Bonchev–Trinajstić information content (AvgIpc) is 3.53. The molecule has 0 radical (unpaired) electrons. The molecule has 1 amide bonds. The van der Waals surface area contributed by atoms with Gasteiger partial charge >= 0.3 is 0 Å². The number of benzene rings is 1. The van der Waals surface area contributed by atoms with Crippen molar-refractivity contribution in [1.29, 1.82) is 0 Å². The fourth-order valence-corrected chi connectivity index (χ4v) is 4.61. The Hall–Kier alpha value is -2.36. The van der Waals surface area contributed by atoms with Crippen LogP contribution in [0.5, 0.6) is 11.6 Å². The number of pyridine rings is 1. The first-order valence-electron chi connectivity index (χ1n) is 9.01. The lowest BCUT2D eigenvalue weighted by atomic mass is 10.2. The fraction of sp³-hybridized carbons (Fsp3) is 0.368. The zero-order chi connectivity index (χ0) is 20.6. The van der Waals surface area contributed by atoms with Crippen molar-refractivity contribution in [1.82, 2.24) is 9.88 Å². The van der Waals surface area contributed by atoms with Crippen LogP contribution in [0, 0.1) is 0 Å². The highest BCUT2D eigenvalue weighted by molar-refractivity contribution is 7.86. The highest BCUT2D eigenvalue weighted by atomic mass is 35.5. The molecule has 0 saturated heterocycles. The molecule has 4 rings (SSSR count). The summed E-state index contributed by atoms with van der Waals surface area (Å²) in [5, 5.41) is 9.78. The second-order valence-corrected chi connectivity index (χ2v) is 8.62. The standard InChI is InChI=1S/C19H20ClN3O5S/c1-27-15-3-2-13(20)7-16(15)29(26)22-14-6-12-9-23(17(25)10-24)19(4-5-19)11-28-18(12)21-8-14/h2-3,6-8,22,24H,4-5,9-11H2,1H3. The summed E-state index contributed by atoms with van der Waals surface area (Å²) in [5.74, 6) is 0.535. The van der Waals surface area contributed by atoms with Gasteiger partial charge in [-0.1, -0.05) is 11.6 Å². The number of halogens is 1. The molecule has 8 nitrogen and oxygen atoms in total. The number of hydrogen-bond acceptors (Lipinski definition) is 6. The number of amides is 1. The molecular formula is C19H20ClN3O5S. The number of nitrogens with zero attached hydrogens (tertiary/aromatic N) is 2. The van der Waals surface area contributed by atoms with Crippen molar-refractivity contribution < 1.29 is 23.6 Å². The third kappa shape index (κ3) is 3.90. The summed E-state index contributed by atoms with van der Waals surface area (Å²) in [5.41, 5.74) is 0.803. The Morgan fingerprint density at radius 1 is 1.45 bits per heavy atom. The van der Waals surface area contributed by atoms with Gasteiger partial charge in [0.05, 0.1) is 31.1 Å². The molecule has 2 N–H and O–H groups in total. The van der Waals surface area contributed by atoms with Crippen LogP contribution in [0.25, 0.3) is 0 Å². The minimum absolute atomic E-state index is 0.268. The first-order chi connectivity index (χ1) is 14.0. The number of aliphatic hydroxyl groups excluding tert-OH is 1. The van der Waals surface area contributed by atoms with Gasteiger partial charge in [-0.2, -0.15) is 0 Å². The Morgan fingerprint density at radius 3 is 2.93 bits per heavy atom. The number of carbonyl (C=O) groups is 1. The lowest BCUT2D eigenvalue weighted by Gasteiger charge is -2.28. The number of carbonyl (C=O) groups excluding carboxylic acids is 1. The van der Waals surface area contributed by atoms with E-state index in [-0.39, 0.29) is 18.0 Å². The lowest BCUT2D eigenvalue weighted by Crippen LogP contribution is -2.45. The van der Waals surface area contributed by atoms with E-state index in [1.165, 1.54) is 13.3 Å². The molecule has 1 spiro atoms. The summed E-state index contributed by atoms with van der Waals surface area (Å²) in [6.07, 6.45) is 3.18. The van der Waals surface area contributed by atoms with E-state index in [2.05, 4.69) is 9.71 Å². The molecular weight excluding hydrogens is 418 g/mol. The predicted octanol–water partition coefficient (Wildman–Crippen LogP) is 2.12. The molecule has 1 unspecified atom stereocenters. The van der Waals surface area contributed by atoms with Crippen LogP contribution in [0.15, 0.2) is 35.4 Å². The van der Waals surface area contributed by atoms with Crippen molar-refractivity contribution in [3.63, 3.8) is 0 Å². The molecule has 1 aromatic heterocycles. The number of ether oxygens (including phenoxy) is 2. The first kappa shape index (κ1) is 19.9. The molecule has 1 saturated carbocycles. The minimum atomic E-state index is -1.64. The molecule has 10 heteroatoms. The van der Waals surface area contributed by atoms with Crippen molar-refractivity contribution in [3.8, 4) is 11.6 Å². The predicted molar refractivity (Wildman–Crippen MR) is 107 cm³/mol. The van der Waals surface area contributed by atoms with Crippen molar-refractivity contribution in [2.75, 3.05) is 25.0 Å². The van der Waals surface area contributed by atoms with E-state index in [1.54, 1.807) is 29.2 Å². The van der Waals surface area contributed by atoms with Gasteiger partial charge in [-0.25, -0.2) is 9.19 Å². The molecule has 1 atom stereocenters. The summed E-state index contributed by atoms with van der Waals surface area (Å²) in [6.45, 7) is 0.0581. The number of methoxy groups -OCH3 is 1. The smallest absolute Gasteiger partial charge is 0.249 e. The van der Waals surface area contributed by atoms with Gasteiger partial charge < -0.3 is 19.5 Å². The second-order valence-electron chi connectivity index (χ2n) is 7.01. The summed E-state index contributed by atoms with van der Waals surface area (Å²) in [4.78, 5) is 18.6. The van der Waals surface area contributed by atoms with Crippen LogP contribution in [0.4, 0.5) is 5.69 Å². The monoisotopic (exact) mass is 437 g/mol. The van der Waals surface area contributed by atoms with Gasteiger partial charge in [0.1, 0.15) is 23.9 Å². The number of rotatable bonds is 5. The largest absolute Gasteiger partial charge is 0.495 e. The number of aliphatic hydroxyl groups is 1. The summed E-state index contributed by atoms with van der Waals surface area (Å²) < 4.78 is 26.8. The first-order valence-corrected chi connectivity index (χ1v) is 10.5. The number of anilines is 1. The summed E-state index contributed by atoms with van der Waals surface area (Å²) in [6, 6.07) is 6.62. The van der Waals surface area contributed by atoms with E-state index in [0.29, 0.717) is 39.4 Å². The normalized spacial score (nSPS) is 17.7. The van der Waals surface area contributed by atoms with Crippen LogP contribution in [-0.4, -0.2) is 51.0 Å². The average molecular weight is 438 g/mol. The highest BCUT2D eigenvalue weighted by Crippen LogP contribution is 2.45. The quantitative estimate of drug-likeness (QED) is 0.743. The lowest BCUT2D eigenvalue weighted by molar-refractivity contribution is -0.138. The highest BCUT2D eigenvalue weighted by Gasteiger charge is 2.52. The Kier molecular flexibility index (Phi) is 5.37. The fourth-order valence-electron chi connectivity index (χ4n) is 3.37. The van der Waals surface area contributed by atoms with Crippen LogP contribution in [0.2, 0.25) is 5.02 Å². The molecule has 1 aromatic carbocycles. The van der Waals surface area contributed by atoms with E-state index in [4.69, 9.17) is 21.1 Å². The number of nitrogens with one attached hydrogen (secondary N) is 1.